The van der Waals surface area contributed by atoms with Gasteiger partial charge in [-0.1, -0.05) is 18.2 Å². The van der Waals surface area contributed by atoms with Gasteiger partial charge >= 0.3 is 5.76 Å². The molecule has 0 N–H and O–H groups in total. The second kappa shape index (κ2) is 6.31. The number of nitrogens with zero attached hydrogens (tertiary/aromatic N) is 3. The second-order valence-corrected chi connectivity index (χ2v) is 6.91. The fourth-order valence-electron chi connectivity index (χ4n) is 3.06. The van der Waals surface area contributed by atoms with Gasteiger partial charge in [-0.2, -0.15) is 0 Å². The smallest absolute Gasteiger partial charge is 0.408 e. The topological polar surface area (TPSA) is 41.6 Å². The number of fused-ring (bicyclic) bond motifs is 1. The molecule has 1 aromatic carbocycles. The Balaban J connectivity index is 1.41. The molecule has 0 aliphatic carbocycles. The first-order valence-corrected chi connectivity index (χ1v) is 8.73. The first-order valence-electron chi connectivity index (χ1n) is 7.85. The van der Waals surface area contributed by atoms with Gasteiger partial charge in [-0.3, -0.25) is 14.4 Å². The Morgan fingerprint density at radius 1 is 1.00 bits per heavy atom. The molecule has 0 unspecified atom stereocenters. The van der Waals surface area contributed by atoms with E-state index in [-0.39, 0.29) is 5.76 Å². The van der Waals surface area contributed by atoms with Gasteiger partial charge in [0.2, 0.25) is 0 Å². The molecule has 0 atom stereocenters. The average Bonchev–Trinajstić information content (AvgIpc) is 3.18. The van der Waals surface area contributed by atoms with E-state index in [2.05, 4.69) is 27.3 Å². The fraction of sp³-hybridized carbons (Fsp3) is 0.353. The number of oxazole rings is 1. The fourth-order valence-corrected chi connectivity index (χ4v) is 3.81. The molecule has 1 aliphatic rings. The molecule has 0 radical (unpaired) electrons. The molecule has 0 spiro atoms. The van der Waals surface area contributed by atoms with Crippen LogP contribution in [0.25, 0.3) is 11.1 Å². The van der Waals surface area contributed by atoms with E-state index >= 15 is 0 Å². The quantitative estimate of drug-likeness (QED) is 0.737. The van der Waals surface area contributed by atoms with Crippen LogP contribution in [-0.2, 0) is 13.2 Å². The van der Waals surface area contributed by atoms with E-state index < -0.39 is 0 Å². The van der Waals surface area contributed by atoms with Crippen molar-refractivity contribution in [1.29, 1.82) is 0 Å². The minimum Gasteiger partial charge on any atom is -0.408 e. The summed E-state index contributed by atoms with van der Waals surface area (Å²) in [6.45, 7) is 5.63. The Hall–Kier alpha value is -1.89. The Morgan fingerprint density at radius 3 is 2.57 bits per heavy atom. The minimum atomic E-state index is -0.271. The lowest BCUT2D eigenvalue weighted by atomic mass is 10.3. The SMILES string of the molecule is O=c1oc2ccccc2n1CN1CCN(Cc2cccs2)CC1. The summed E-state index contributed by atoms with van der Waals surface area (Å²) in [4.78, 5) is 18.2. The Kier molecular flexibility index (Phi) is 4.03. The number of benzene rings is 1. The van der Waals surface area contributed by atoms with Gasteiger partial charge in [-0.15, -0.1) is 11.3 Å². The molecule has 4 rings (SSSR count). The molecule has 3 aromatic rings. The number of thiophene rings is 1. The van der Waals surface area contributed by atoms with Crippen LogP contribution < -0.4 is 5.76 Å². The van der Waals surface area contributed by atoms with E-state index in [1.807, 2.05) is 35.6 Å². The highest BCUT2D eigenvalue weighted by Gasteiger charge is 2.19. The largest absolute Gasteiger partial charge is 0.421 e. The number of rotatable bonds is 4. The number of hydrogen-bond donors (Lipinski definition) is 0. The molecular weight excluding hydrogens is 310 g/mol. The maximum atomic E-state index is 12.0. The molecule has 1 fully saturated rings. The maximum Gasteiger partial charge on any atom is 0.421 e. The highest BCUT2D eigenvalue weighted by atomic mass is 32.1. The van der Waals surface area contributed by atoms with Crippen molar-refractivity contribution in [3.63, 3.8) is 0 Å². The van der Waals surface area contributed by atoms with E-state index in [9.17, 15) is 4.79 Å². The summed E-state index contributed by atoms with van der Waals surface area (Å²) < 4.78 is 7.03. The van der Waals surface area contributed by atoms with Crippen molar-refractivity contribution >= 4 is 22.4 Å². The van der Waals surface area contributed by atoms with Crippen LogP contribution in [-0.4, -0.2) is 40.5 Å². The van der Waals surface area contributed by atoms with Crippen LogP contribution in [0.1, 0.15) is 4.88 Å². The van der Waals surface area contributed by atoms with Crippen LogP contribution in [0.15, 0.2) is 51.0 Å². The van der Waals surface area contributed by atoms with Crippen molar-refractivity contribution in [2.75, 3.05) is 26.2 Å². The highest BCUT2D eigenvalue weighted by molar-refractivity contribution is 7.09. The average molecular weight is 329 g/mol. The summed E-state index contributed by atoms with van der Waals surface area (Å²) in [6, 6.07) is 11.9. The third kappa shape index (κ3) is 3.10. The van der Waals surface area contributed by atoms with Crippen LogP contribution in [0.3, 0.4) is 0 Å². The van der Waals surface area contributed by atoms with Crippen LogP contribution in [0.5, 0.6) is 0 Å². The van der Waals surface area contributed by atoms with Crippen LogP contribution >= 0.6 is 11.3 Å². The molecule has 0 bridgehead atoms. The van der Waals surface area contributed by atoms with Gasteiger partial charge < -0.3 is 4.42 Å². The zero-order chi connectivity index (χ0) is 15.6. The minimum absolute atomic E-state index is 0.271. The number of piperazine rings is 1. The summed E-state index contributed by atoms with van der Waals surface area (Å²) in [5.74, 6) is -0.271. The molecule has 5 nitrogen and oxygen atoms in total. The highest BCUT2D eigenvalue weighted by Crippen LogP contribution is 2.15. The molecule has 23 heavy (non-hydrogen) atoms. The van der Waals surface area contributed by atoms with Gasteiger partial charge in [0.15, 0.2) is 5.58 Å². The Morgan fingerprint density at radius 2 is 1.78 bits per heavy atom. The summed E-state index contributed by atoms with van der Waals surface area (Å²) in [6.07, 6.45) is 0. The van der Waals surface area contributed by atoms with Gasteiger partial charge in [-0.25, -0.2) is 4.79 Å². The molecule has 3 heterocycles. The van der Waals surface area contributed by atoms with Crippen molar-refractivity contribution in [3.05, 3.63) is 57.2 Å². The lowest BCUT2D eigenvalue weighted by Gasteiger charge is -2.34. The zero-order valence-electron chi connectivity index (χ0n) is 12.9. The van der Waals surface area contributed by atoms with Gasteiger partial charge in [0, 0.05) is 37.6 Å². The van der Waals surface area contributed by atoms with Crippen molar-refractivity contribution in [2.45, 2.75) is 13.2 Å². The molecule has 1 aliphatic heterocycles. The molecule has 2 aromatic heterocycles. The molecular formula is C17H19N3O2S. The third-order valence-corrected chi connectivity index (χ3v) is 5.20. The second-order valence-electron chi connectivity index (χ2n) is 5.88. The monoisotopic (exact) mass is 329 g/mol. The van der Waals surface area contributed by atoms with E-state index in [0.29, 0.717) is 12.3 Å². The predicted octanol–water partition coefficient (Wildman–Crippen LogP) is 2.43. The van der Waals surface area contributed by atoms with Gasteiger partial charge in [-0.05, 0) is 23.6 Å². The van der Waals surface area contributed by atoms with Crippen molar-refractivity contribution < 1.29 is 4.42 Å². The Bertz CT molecular complexity index is 829. The number of aromatic nitrogens is 1. The van der Waals surface area contributed by atoms with Crippen LogP contribution in [0.2, 0.25) is 0 Å². The summed E-state index contributed by atoms with van der Waals surface area (Å²) in [5, 5.41) is 2.13. The molecule has 0 saturated carbocycles. The van der Waals surface area contributed by atoms with Crippen LogP contribution in [0.4, 0.5) is 0 Å². The standard InChI is InChI=1S/C17H19N3O2S/c21-17-20(15-5-1-2-6-16(15)22-17)13-19-9-7-18(8-10-19)12-14-4-3-11-23-14/h1-6,11H,7-10,12-13H2. The van der Waals surface area contributed by atoms with Crippen molar-refractivity contribution in [1.82, 2.24) is 14.4 Å². The lowest BCUT2D eigenvalue weighted by molar-refractivity contribution is 0.102. The van der Waals surface area contributed by atoms with Gasteiger partial charge in [0.25, 0.3) is 0 Å². The lowest BCUT2D eigenvalue weighted by Crippen LogP contribution is -2.46. The predicted molar refractivity (Wildman–Crippen MR) is 91.6 cm³/mol. The van der Waals surface area contributed by atoms with Crippen molar-refractivity contribution in [2.24, 2.45) is 0 Å². The molecule has 120 valence electrons. The van der Waals surface area contributed by atoms with E-state index in [4.69, 9.17) is 4.42 Å². The molecule has 6 heteroatoms. The number of hydrogen-bond acceptors (Lipinski definition) is 5. The maximum absolute atomic E-state index is 12.0. The normalized spacial score (nSPS) is 17.0. The Labute approximate surface area is 138 Å². The van der Waals surface area contributed by atoms with Gasteiger partial charge in [0.1, 0.15) is 0 Å². The summed E-state index contributed by atoms with van der Waals surface area (Å²) in [7, 11) is 0. The zero-order valence-corrected chi connectivity index (χ0v) is 13.7. The van der Waals surface area contributed by atoms with E-state index in [1.54, 1.807) is 4.57 Å². The number of para-hydroxylation sites is 2. The van der Waals surface area contributed by atoms with E-state index in [0.717, 1.165) is 38.2 Å². The van der Waals surface area contributed by atoms with Gasteiger partial charge in [0.05, 0.1) is 12.2 Å². The molecule has 0 amide bonds. The third-order valence-electron chi connectivity index (χ3n) is 4.34. The van der Waals surface area contributed by atoms with Crippen LogP contribution in [0, 0.1) is 0 Å². The summed E-state index contributed by atoms with van der Waals surface area (Å²) in [5.41, 5.74) is 1.53. The first kappa shape index (κ1) is 14.7. The molecule has 1 saturated heterocycles. The summed E-state index contributed by atoms with van der Waals surface area (Å²) >= 11 is 1.81. The first-order chi connectivity index (χ1) is 11.3. The van der Waals surface area contributed by atoms with Crippen molar-refractivity contribution in [3.8, 4) is 0 Å². The van der Waals surface area contributed by atoms with E-state index in [1.165, 1.54) is 4.88 Å².